The molecule has 0 bridgehead atoms. The molecule has 1 fully saturated rings. The fourth-order valence-electron chi connectivity index (χ4n) is 3.12. The minimum atomic E-state index is -1.16. The zero-order chi connectivity index (χ0) is 16.9. The molecule has 1 saturated carbocycles. The Morgan fingerprint density at radius 2 is 1.71 bits per heavy atom. The van der Waals surface area contributed by atoms with Gasteiger partial charge in [0.2, 0.25) is 0 Å². The van der Waals surface area contributed by atoms with E-state index in [9.17, 15) is 9.90 Å². The van der Waals surface area contributed by atoms with Crippen molar-refractivity contribution in [1.82, 2.24) is 0 Å². The standard InChI is InChI=1S/C14H10O3.C6H11.Pd/c15-14(16)10-5-3-7-13-11(10)8-9-4-1-2-6-12(9)17-13;1-2-4-6-5-3-1;/h1-7H,8H2,(H,15,16);1H,2-6H2;/q;;+1/p-1. The molecule has 4 rings (SSSR count). The zero-order valence-corrected chi connectivity index (χ0v) is 15.0. The van der Waals surface area contributed by atoms with Gasteiger partial charge in [-0.25, -0.2) is 0 Å². The van der Waals surface area contributed by atoms with Gasteiger partial charge >= 0.3 is 55.7 Å². The van der Waals surface area contributed by atoms with Crippen LogP contribution in [-0.2, 0) is 25.6 Å². The summed E-state index contributed by atoms with van der Waals surface area (Å²) in [5, 5.41) is 11.0. The molecular weight excluding hydrogens is 395 g/mol. The third-order valence-corrected chi connectivity index (χ3v) is 5.31. The van der Waals surface area contributed by atoms with Crippen LogP contribution >= 0.6 is 0 Å². The van der Waals surface area contributed by atoms with E-state index in [0.717, 1.165) is 15.7 Å². The number of para-hydroxylation sites is 1. The van der Waals surface area contributed by atoms with Gasteiger partial charge < -0.3 is 14.6 Å². The molecule has 1 aliphatic carbocycles. The number of hydrogen-bond acceptors (Lipinski definition) is 3. The van der Waals surface area contributed by atoms with Crippen LogP contribution in [0.1, 0.15) is 53.6 Å². The molecule has 0 saturated heterocycles. The van der Waals surface area contributed by atoms with Crippen LogP contribution in [0, 0.1) is 0 Å². The number of carboxylic acids is 1. The number of rotatable bonds is 1. The number of carbonyl (C=O) groups is 1. The Morgan fingerprint density at radius 1 is 1.00 bits per heavy atom. The van der Waals surface area contributed by atoms with Crippen molar-refractivity contribution in [2.75, 3.05) is 0 Å². The Hall–Kier alpha value is -1.63. The predicted molar refractivity (Wildman–Crippen MR) is 86.9 cm³/mol. The number of benzene rings is 2. The van der Waals surface area contributed by atoms with Crippen molar-refractivity contribution in [3.05, 3.63) is 59.2 Å². The van der Waals surface area contributed by atoms with Crippen LogP contribution in [0.5, 0.6) is 11.5 Å². The molecule has 0 atom stereocenters. The number of fused-ring (bicyclic) bond motifs is 2. The summed E-state index contributed by atoms with van der Waals surface area (Å²) in [6.07, 6.45) is 7.77. The summed E-state index contributed by atoms with van der Waals surface area (Å²) in [5.41, 5.74) is 1.89. The summed E-state index contributed by atoms with van der Waals surface area (Å²) >= 11 is 3.34. The molecule has 1 heterocycles. The Morgan fingerprint density at radius 3 is 2.38 bits per heavy atom. The zero-order valence-electron chi connectivity index (χ0n) is 13.4. The van der Waals surface area contributed by atoms with Crippen molar-refractivity contribution >= 4 is 5.97 Å². The average Bonchev–Trinajstić information content (AvgIpc) is 2.60. The average molecular weight is 415 g/mol. The molecule has 2 aromatic carbocycles. The summed E-state index contributed by atoms with van der Waals surface area (Å²) in [5.74, 6) is 0.228. The number of aromatic carboxylic acids is 1. The van der Waals surface area contributed by atoms with Gasteiger partial charge in [0.05, 0.1) is 5.97 Å². The summed E-state index contributed by atoms with van der Waals surface area (Å²) in [4.78, 5) is 11.0. The number of ether oxygens (including phenoxy) is 1. The molecule has 0 unspecified atom stereocenters. The first-order valence-corrected chi connectivity index (χ1v) is 9.24. The first-order valence-electron chi connectivity index (χ1n) is 8.34. The van der Waals surface area contributed by atoms with E-state index in [2.05, 4.69) is 19.2 Å². The van der Waals surface area contributed by atoms with Crippen molar-refractivity contribution in [3.63, 3.8) is 0 Å². The van der Waals surface area contributed by atoms with Gasteiger partial charge in [0, 0.05) is 17.5 Å². The first kappa shape index (κ1) is 17.2. The minimum absolute atomic E-state index is 0.206. The number of carbonyl (C=O) groups excluding carboxylic acids is 1. The van der Waals surface area contributed by atoms with Gasteiger partial charge in [-0.1, -0.05) is 30.3 Å². The molecule has 0 N–H and O–H groups in total. The van der Waals surface area contributed by atoms with Crippen molar-refractivity contribution in [2.45, 2.75) is 42.9 Å². The molecule has 4 heteroatoms. The van der Waals surface area contributed by atoms with E-state index in [0.29, 0.717) is 17.7 Å². The van der Waals surface area contributed by atoms with Gasteiger partial charge in [-0.15, -0.1) is 0 Å². The van der Waals surface area contributed by atoms with Crippen LogP contribution in [0.15, 0.2) is 42.5 Å². The Kier molecular flexibility index (Phi) is 5.71. The molecule has 3 nitrogen and oxygen atoms in total. The third kappa shape index (κ3) is 4.06. The molecule has 24 heavy (non-hydrogen) atoms. The van der Waals surface area contributed by atoms with E-state index >= 15 is 0 Å². The van der Waals surface area contributed by atoms with Gasteiger partial charge in [-0.3, -0.25) is 0 Å². The van der Waals surface area contributed by atoms with Crippen molar-refractivity contribution < 1.29 is 33.8 Å². The quantitative estimate of drug-likeness (QED) is 0.565. The second-order valence-electron chi connectivity index (χ2n) is 6.14. The SMILES string of the molecule is O=C([O-])c1cccc2c1Cc1ccccc1O2.[Pd+][CH]1CCCCC1. The fourth-order valence-corrected chi connectivity index (χ4v) is 3.76. The molecule has 0 amide bonds. The van der Waals surface area contributed by atoms with Gasteiger partial charge in [-0.05, 0) is 17.7 Å². The number of hydrogen-bond donors (Lipinski definition) is 0. The van der Waals surface area contributed by atoms with Crippen LogP contribution in [0.25, 0.3) is 0 Å². The summed E-state index contributed by atoms with van der Waals surface area (Å²) in [6.45, 7) is 0. The summed E-state index contributed by atoms with van der Waals surface area (Å²) < 4.78 is 6.56. The van der Waals surface area contributed by atoms with Gasteiger partial charge in [-0.2, -0.15) is 0 Å². The van der Waals surface area contributed by atoms with Crippen molar-refractivity contribution in [1.29, 1.82) is 0 Å². The Balaban J connectivity index is 0.000000203. The third-order valence-electron chi connectivity index (χ3n) is 4.41. The Labute approximate surface area is 153 Å². The second kappa shape index (κ2) is 7.96. The Bertz CT molecular complexity index is 721. The molecule has 0 radical (unpaired) electrons. The molecule has 1 aliphatic heterocycles. The van der Waals surface area contributed by atoms with Gasteiger partial charge in [0.25, 0.3) is 0 Å². The molecule has 128 valence electrons. The molecule has 2 aliphatic rings. The van der Waals surface area contributed by atoms with Crippen LogP contribution in [0.3, 0.4) is 0 Å². The maximum atomic E-state index is 11.0. The summed E-state index contributed by atoms with van der Waals surface area (Å²) in [7, 11) is 0. The fraction of sp³-hybridized carbons (Fsp3) is 0.350. The van der Waals surface area contributed by atoms with E-state index in [1.165, 1.54) is 32.1 Å². The van der Waals surface area contributed by atoms with Crippen molar-refractivity contribution in [3.8, 4) is 11.5 Å². The van der Waals surface area contributed by atoms with Crippen LogP contribution in [0.4, 0.5) is 0 Å². The van der Waals surface area contributed by atoms with E-state index in [1.54, 1.807) is 18.2 Å². The monoisotopic (exact) mass is 414 g/mol. The first-order chi connectivity index (χ1) is 11.6. The molecule has 0 spiro atoms. The predicted octanol–water partition coefficient (Wildman–Crippen LogP) is 4.03. The van der Waals surface area contributed by atoms with Crippen LogP contribution in [0.2, 0.25) is 4.39 Å². The molecule has 0 aromatic heterocycles. The second-order valence-corrected chi connectivity index (χ2v) is 7.41. The van der Waals surface area contributed by atoms with Crippen LogP contribution in [-0.4, -0.2) is 5.97 Å². The van der Waals surface area contributed by atoms with E-state index < -0.39 is 5.97 Å². The normalized spacial score (nSPS) is 16.1. The van der Waals surface area contributed by atoms with Crippen molar-refractivity contribution in [2.24, 2.45) is 0 Å². The van der Waals surface area contributed by atoms with Gasteiger partial charge in [0.15, 0.2) is 0 Å². The topological polar surface area (TPSA) is 49.4 Å². The molecular formula is C20H20O3Pd. The summed E-state index contributed by atoms with van der Waals surface area (Å²) in [6, 6.07) is 12.6. The molecule has 2 aromatic rings. The van der Waals surface area contributed by atoms with Gasteiger partial charge in [0.1, 0.15) is 11.5 Å². The van der Waals surface area contributed by atoms with E-state index in [4.69, 9.17) is 4.74 Å². The maximum absolute atomic E-state index is 11.0. The number of carboxylic acid groups (broad SMARTS) is 1. The van der Waals surface area contributed by atoms with Crippen LogP contribution < -0.4 is 9.84 Å². The van der Waals surface area contributed by atoms with E-state index in [-0.39, 0.29) is 5.56 Å². The van der Waals surface area contributed by atoms with E-state index in [1.807, 2.05) is 24.3 Å².